The average Bonchev–Trinajstić information content (AvgIpc) is 2.56. The predicted molar refractivity (Wildman–Crippen MR) is 122 cm³/mol. The lowest BCUT2D eigenvalue weighted by molar-refractivity contribution is 0.00551. The van der Waals surface area contributed by atoms with Crippen molar-refractivity contribution in [2.75, 3.05) is 0 Å². The van der Waals surface area contributed by atoms with Gasteiger partial charge >= 0.3 is 11.9 Å². The Kier molecular flexibility index (Phi) is 9.10. The summed E-state index contributed by atoms with van der Waals surface area (Å²) in [5, 5.41) is -0.0285. The Labute approximate surface area is 197 Å². The van der Waals surface area contributed by atoms with E-state index in [0.29, 0.717) is 0 Å². The number of hydrogen-bond donors (Lipinski definition) is 2. The van der Waals surface area contributed by atoms with Crippen molar-refractivity contribution in [1.82, 2.24) is 9.97 Å². The molecule has 2 rings (SSSR count). The van der Waals surface area contributed by atoms with Gasteiger partial charge in [-0.2, -0.15) is 0 Å². The molecule has 170 valence electrons. The number of carbonyl (C=O) groups is 2. The lowest BCUT2D eigenvalue weighted by Gasteiger charge is -2.19. The minimum Gasteiger partial charge on any atom is -0.456 e. The fourth-order valence-corrected chi connectivity index (χ4v) is 2.73. The van der Waals surface area contributed by atoms with Crippen molar-refractivity contribution < 1.29 is 19.1 Å². The van der Waals surface area contributed by atoms with Gasteiger partial charge in [0.2, 0.25) is 5.43 Å². The van der Waals surface area contributed by atoms with Crippen molar-refractivity contribution in [3.8, 4) is 0 Å². The topological polar surface area (TPSA) is 118 Å². The van der Waals surface area contributed by atoms with Crippen LogP contribution in [0.25, 0.3) is 0 Å². The average molecular weight is 538 g/mol. The molecule has 0 spiro atoms. The summed E-state index contributed by atoms with van der Waals surface area (Å²) in [6, 6.07) is 1.23. The summed E-state index contributed by atoms with van der Waals surface area (Å²) in [4.78, 5) is 51.5. The van der Waals surface area contributed by atoms with Gasteiger partial charge in [-0.3, -0.25) is 9.59 Å². The molecule has 31 heavy (non-hydrogen) atoms. The van der Waals surface area contributed by atoms with E-state index in [4.69, 9.17) is 32.7 Å². The van der Waals surface area contributed by atoms with Gasteiger partial charge in [0.15, 0.2) is 5.43 Å². The summed E-state index contributed by atoms with van der Waals surface area (Å²) in [5.74, 6) is -1.45. The summed E-state index contributed by atoms with van der Waals surface area (Å²) >= 11 is 14.5. The van der Waals surface area contributed by atoms with Crippen LogP contribution in [-0.4, -0.2) is 33.1 Å². The van der Waals surface area contributed by atoms with Crippen LogP contribution in [0.3, 0.4) is 0 Å². The number of ether oxygens (including phenoxy) is 2. The molecule has 0 saturated carbocycles. The molecule has 0 bridgehead atoms. The second-order valence-corrected chi connectivity index (χ2v) is 9.80. The maximum Gasteiger partial charge on any atom is 0.345 e. The van der Waals surface area contributed by atoms with E-state index < -0.39 is 34.0 Å². The Bertz CT molecular complexity index is 1080. The van der Waals surface area contributed by atoms with Crippen LogP contribution in [0.15, 0.2) is 32.5 Å². The monoisotopic (exact) mass is 536 g/mol. The first-order valence-corrected chi connectivity index (χ1v) is 10.5. The maximum absolute atomic E-state index is 11.7. The van der Waals surface area contributed by atoms with E-state index >= 15 is 0 Å². The van der Waals surface area contributed by atoms with Crippen molar-refractivity contribution in [1.29, 1.82) is 0 Å². The highest BCUT2D eigenvalue weighted by atomic mass is 79.9. The molecule has 0 atom stereocenters. The number of aromatic nitrogens is 2. The molecule has 0 fully saturated rings. The Morgan fingerprint density at radius 1 is 0.871 bits per heavy atom. The Balaban J connectivity index is 0.000000311. The van der Waals surface area contributed by atoms with Gasteiger partial charge in [-0.15, -0.1) is 0 Å². The number of pyridine rings is 2. The standard InChI is InChI=1S/C10H11BrClNO3.C10H12ClNO3/c1-10(2,3)16-9(15)6-7(14)5(11)4-13-8(6)12;1-10(2,3)15-9(14)7-6(13)4-5-12-8(7)11/h4H,1-3H3,(H,13,14);4-5H,1-3H3,(H,12,13). The smallest absolute Gasteiger partial charge is 0.345 e. The van der Waals surface area contributed by atoms with Gasteiger partial charge in [0.05, 0.1) is 4.47 Å². The molecule has 2 heterocycles. The highest BCUT2D eigenvalue weighted by Gasteiger charge is 2.24. The molecule has 8 nitrogen and oxygen atoms in total. The van der Waals surface area contributed by atoms with E-state index in [-0.39, 0.29) is 25.9 Å². The molecule has 2 aromatic heterocycles. The zero-order valence-electron chi connectivity index (χ0n) is 17.8. The fourth-order valence-electron chi connectivity index (χ4n) is 1.97. The predicted octanol–water partition coefficient (Wildman–Crippen LogP) is 4.73. The van der Waals surface area contributed by atoms with E-state index in [1.807, 2.05) is 0 Å². The molecule has 0 aliphatic heterocycles. The van der Waals surface area contributed by atoms with Crippen molar-refractivity contribution in [3.05, 3.63) is 64.8 Å². The molecule has 0 aliphatic carbocycles. The third-order valence-electron chi connectivity index (χ3n) is 3.11. The first kappa shape index (κ1) is 26.9. The Morgan fingerprint density at radius 3 is 1.77 bits per heavy atom. The minimum absolute atomic E-state index is 0.00301. The lowest BCUT2D eigenvalue weighted by Crippen LogP contribution is -2.28. The molecule has 0 aliphatic rings. The van der Waals surface area contributed by atoms with E-state index in [1.54, 1.807) is 41.5 Å². The zero-order valence-corrected chi connectivity index (χ0v) is 20.9. The van der Waals surface area contributed by atoms with Crippen LogP contribution in [-0.2, 0) is 9.47 Å². The van der Waals surface area contributed by atoms with Crippen molar-refractivity contribution in [3.63, 3.8) is 0 Å². The first-order chi connectivity index (χ1) is 14.0. The number of carbonyl (C=O) groups excluding carboxylic acids is 2. The number of hydrogen-bond acceptors (Lipinski definition) is 6. The molecule has 0 unspecified atom stereocenters. The number of halogens is 3. The second-order valence-electron chi connectivity index (χ2n) is 8.19. The van der Waals surface area contributed by atoms with Gasteiger partial charge in [-0.25, -0.2) is 9.59 Å². The van der Waals surface area contributed by atoms with Gasteiger partial charge in [0, 0.05) is 18.5 Å². The van der Waals surface area contributed by atoms with Gasteiger partial charge in [0.25, 0.3) is 0 Å². The number of esters is 2. The number of rotatable bonds is 2. The summed E-state index contributed by atoms with van der Waals surface area (Å²) < 4.78 is 10.4. The quantitative estimate of drug-likeness (QED) is 0.422. The molecular weight excluding hydrogens is 515 g/mol. The Morgan fingerprint density at radius 2 is 1.32 bits per heavy atom. The van der Waals surface area contributed by atoms with E-state index in [0.717, 1.165) is 0 Å². The maximum atomic E-state index is 11.7. The van der Waals surface area contributed by atoms with Crippen LogP contribution in [0.1, 0.15) is 62.3 Å². The van der Waals surface area contributed by atoms with Crippen LogP contribution >= 0.6 is 39.1 Å². The molecule has 0 radical (unpaired) electrons. The van der Waals surface area contributed by atoms with Crippen LogP contribution in [0, 0.1) is 0 Å². The number of aromatic amines is 2. The number of H-pyrrole nitrogens is 2. The van der Waals surface area contributed by atoms with Gasteiger partial charge in [-0.1, -0.05) is 23.2 Å². The summed E-state index contributed by atoms with van der Waals surface area (Å²) in [5.41, 5.74) is -2.61. The third-order valence-corrected chi connectivity index (χ3v) is 4.29. The van der Waals surface area contributed by atoms with Crippen molar-refractivity contribution in [2.45, 2.75) is 52.7 Å². The van der Waals surface area contributed by atoms with Crippen LogP contribution < -0.4 is 10.9 Å². The van der Waals surface area contributed by atoms with Gasteiger partial charge in [-0.05, 0) is 57.5 Å². The molecule has 2 N–H and O–H groups in total. The fraction of sp³-hybridized carbons (Fsp3) is 0.400. The Hall–Kier alpha value is -2.10. The van der Waals surface area contributed by atoms with Crippen LogP contribution in [0.2, 0.25) is 10.3 Å². The highest BCUT2D eigenvalue weighted by molar-refractivity contribution is 9.10. The highest BCUT2D eigenvalue weighted by Crippen LogP contribution is 2.17. The van der Waals surface area contributed by atoms with Crippen molar-refractivity contribution >= 4 is 51.1 Å². The third kappa shape index (κ3) is 8.51. The van der Waals surface area contributed by atoms with Crippen LogP contribution in [0.5, 0.6) is 0 Å². The summed E-state index contributed by atoms with van der Waals surface area (Å²) in [6.07, 6.45) is 2.75. The summed E-state index contributed by atoms with van der Waals surface area (Å²) in [6.45, 7) is 10.3. The molecule has 0 amide bonds. The normalized spacial score (nSPS) is 11.3. The minimum atomic E-state index is -0.736. The van der Waals surface area contributed by atoms with E-state index in [1.165, 1.54) is 18.5 Å². The molecular formula is C20H23BrCl2N2O6. The van der Waals surface area contributed by atoms with E-state index in [9.17, 15) is 19.2 Å². The van der Waals surface area contributed by atoms with Crippen LogP contribution in [0.4, 0.5) is 0 Å². The number of nitrogens with one attached hydrogen (secondary N) is 2. The lowest BCUT2D eigenvalue weighted by atomic mass is 10.2. The SMILES string of the molecule is CC(C)(C)OC(=O)c1c(Cl)[nH]cc(Br)c1=O.CC(C)(C)OC(=O)c1c(Cl)[nH]ccc1=O. The van der Waals surface area contributed by atoms with E-state index in [2.05, 4.69) is 25.9 Å². The molecule has 2 aromatic rings. The van der Waals surface area contributed by atoms with Gasteiger partial charge in [0.1, 0.15) is 32.6 Å². The largest absolute Gasteiger partial charge is 0.456 e. The molecule has 0 saturated heterocycles. The van der Waals surface area contributed by atoms with Crippen molar-refractivity contribution in [2.24, 2.45) is 0 Å². The first-order valence-electron chi connectivity index (χ1n) is 8.94. The second kappa shape index (κ2) is 10.5. The zero-order chi connectivity index (χ0) is 24.1. The molecule has 0 aromatic carbocycles. The summed E-state index contributed by atoms with van der Waals surface area (Å²) in [7, 11) is 0. The van der Waals surface area contributed by atoms with Gasteiger partial charge < -0.3 is 19.4 Å². The molecule has 11 heteroatoms.